The van der Waals surface area contributed by atoms with Crippen LogP contribution in [0.2, 0.25) is 0 Å². The third-order valence-corrected chi connectivity index (χ3v) is 4.73. The molecule has 0 saturated heterocycles. The van der Waals surface area contributed by atoms with Gasteiger partial charge in [-0.1, -0.05) is 39.5 Å². The molecule has 2 heteroatoms. The Morgan fingerprint density at radius 3 is 2.15 bits per heavy atom. The Morgan fingerprint density at radius 1 is 1.05 bits per heavy atom. The SMILES string of the molecule is CCCC(C)(CNC(C)(C)C)CN(C)C1CCCCC1. The Kier molecular flexibility index (Phi) is 7.00. The van der Waals surface area contributed by atoms with Crippen molar-refractivity contribution in [3.05, 3.63) is 0 Å². The quantitative estimate of drug-likeness (QED) is 0.742. The Hall–Kier alpha value is -0.0800. The van der Waals surface area contributed by atoms with Crippen molar-refractivity contribution in [2.75, 3.05) is 20.1 Å². The fourth-order valence-corrected chi connectivity index (χ4v) is 3.56. The first-order chi connectivity index (χ1) is 9.26. The van der Waals surface area contributed by atoms with Crippen molar-refractivity contribution in [2.45, 2.75) is 91.1 Å². The summed E-state index contributed by atoms with van der Waals surface area (Å²) in [4.78, 5) is 2.65. The van der Waals surface area contributed by atoms with Gasteiger partial charge in [-0.2, -0.15) is 0 Å². The summed E-state index contributed by atoms with van der Waals surface area (Å²) in [6, 6.07) is 0.828. The molecule has 1 rings (SSSR count). The molecule has 2 nitrogen and oxygen atoms in total. The summed E-state index contributed by atoms with van der Waals surface area (Å²) in [5, 5.41) is 3.73. The van der Waals surface area contributed by atoms with E-state index in [1.165, 1.54) is 51.5 Å². The molecule has 1 saturated carbocycles. The van der Waals surface area contributed by atoms with Gasteiger partial charge in [-0.05, 0) is 52.5 Å². The van der Waals surface area contributed by atoms with Crippen molar-refractivity contribution < 1.29 is 0 Å². The Labute approximate surface area is 127 Å². The molecule has 0 spiro atoms. The van der Waals surface area contributed by atoms with E-state index in [9.17, 15) is 0 Å². The number of nitrogens with one attached hydrogen (secondary N) is 1. The van der Waals surface area contributed by atoms with Crippen molar-refractivity contribution in [1.82, 2.24) is 10.2 Å². The summed E-state index contributed by atoms with van der Waals surface area (Å²) in [6.07, 6.45) is 9.71. The molecule has 120 valence electrons. The maximum atomic E-state index is 3.73. The first-order valence-electron chi connectivity index (χ1n) is 8.71. The molecular formula is C18H38N2. The largest absolute Gasteiger partial charge is 0.311 e. The molecule has 0 bridgehead atoms. The van der Waals surface area contributed by atoms with Crippen LogP contribution in [-0.2, 0) is 0 Å². The average molecular weight is 283 g/mol. The third-order valence-electron chi connectivity index (χ3n) is 4.73. The van der Waals surface area contributed by atoms with Gasteiger partial charge in [-0.3, -0.25) is 0 Å². The van der Waals surface area contributed by atoms with Crippen molar-refractivity contribution in [1.29, 1.82) is 0 Å². The Morgan fingerprint density at radius 2 is 1.65 bits per heavy atom. The monoisotopic (exact) mass is 282 g/mol. The van der Waals surface area contributed by atoms with Crippen molar-refractivity contribution in [3.63, 3.8) is 0 Å². The summed E-state index contributed by atoms with van der Waals surface area (Å²) in [6.45, 7) is 13.9. The molecule has 0 aromatic carbocycles. The Bertz CT molecular complexity index is 263. The van der Waals surface area contributed by atoms with E-state index in [0.29, 0.717) is 5.41 Å². The standard InChI is InChI=1S/C18H38N2/c1-7-13-18(5,14-19-17(2,3)4)15-20(6)16-11-9-8-10-12-16/h16,19H,7-15H2,1-6H3. The normalized spacial score (nSPS) is 21.1. The predicted octanol–water partition coefficient (Wildman–Crippen LogP) is 4.45. The average Bonchev–Trinajstić information content (AvgIpc) is 2.37. The molecule has 1 aliphatic rings. The summed E-state index contributed by atoms with van der Waals surface area (Å²) in [7, 11) is 2.35. The third kappa shape index (κ3) is 6.58. The molecule has 0 aromatic rings. The van der Waals surface area contributed by atoms with Crippen molar-refractivity contribution >= 4 is 0 Å². The first kappa shape index (κ1) is 18.0. The van der Waals surface area contributed by atoms with Crippen LogP contribution in [0.3, 0.4) is 0 Å². The van der Waals surface area contributed by atoms with Gasteiger partial charge < -0.3 is 10.2 Å². The maximum Gasteiger partial charge on any atom is 0.00967 e. The van der Waals surface area contributed by atoms with E-state index in [-0.39, 0.29) is 5.54 Å². The van der Waals surface area contributed by atoms with Crippen molar-refractivity contribution in [2.24, 2.45) is 5.41 Å². The number of nitrogens with zero attached hydrogens (tertiary/aromatic N) is 1. The van der Waals surface area contributed by atoms with Gasteiger partial charge in [0.1, 0.15) is 0 Å². The van der Waals surface area contributed by atoms with Gasteiger partial charge >= 0.3 is 0 Å². The minimum atomic E-state index is 0.221. The molecule has 1 aliphatic carbocycles. The van der Waals surface area contributed by atoms with Crippen LogP contribution >= 0.6 is 0 Å². The van der Waals surface area contributed by atoms with E-state index in [4.69, 9.17) is 0 Å². The number of hydrogen-bond donors (Lipinski definition) is 1. The summed E-state index contributed by atoms with van der Waals surface area (Å²) in [5.41, 5.74) is 0.618. The highest BCUT2D eigenvalue weighted by atomic mass is 15.1. The van der Waals surface area contributed by atoms with E-state index < -0.39 is 0 Å². The van der Waals surface area contributed by atoms with Gasteiger partial charge in [0.15, 0.2) is 0 Å². The van der Waals surface area contributed by atoms with E-state index in [2.05, 4.69) is 51.9 Å². The summed E-state index contributed by atoms with van der Waals surface area (Å²) in [5.74, 6) is 0. The van der Waals surface area contributed by atoms with Gasteiger partial charge in [0.05, 0.1) is 0 Å². The van der Waals surface area contributed by atoms with Crippen LogP contribution in [0.4, 0.5) is 0 Å². The molecule has 1 unspecified atom stereocenters. The lowest BCUT2D eigenvalue weighted by molar-refractivity contribution is 0.109. The number of rotatable bonds is 7. The molecular weight excluding hydrogens is 244 g/mol. The molecule has 0 aliphatic heterocycles. The first-order valence-corrected chi connectivity index (χ1v) is 8.71. The Balaban J connectivity index is 2.54. The lowest BCUT2D eigenvalue weighted by Crippen LogP contribution is -2.48. The minimum Gasteiger partial charge on any atom is -0.311 e. The van der Waals surface area contributed by atoms with Gasteiger partial charge in [-0.15, -0.1) is 0 Å². The topological polar surface area (TPSA) is 15.3 Å². The number of hydrogen-bond acceptors (Lipinski definition) is 2. The van der Waals surface area contributed by atoms with E-state index >= 15 is 0 Å². The molecule has 0 heterocycles. The highest BCUT2D eigenvalue weighted by Crippen LogP contribution is 2.28. The van der Waals surface area contributed by atoms with Gasteiger partial charge in [-0.25, -0.2) is 0 Å². The van der Waals surface area contributed by atoms with Crippen LogP contribution < -0.4 is 5.32 Å². The summed E-state index contributed by atoms with van der Waals surface area (Å²) < 4.78 is 0. The highest BCUT2D eigenvalue weighted by Gasteiger charge is 2.29. The van der Waals surface area contributed by atoms with Gasteiger partial charge in [0, 0.05) is 24.7 Å². The van der Waals surface area contributed by atoms with Crippen LogP contribution in [0.25, 0.3) is 0 Å². The molecule has 1 N–H and O–H groups in total. The van der Waals surface area contributed by atoms with Crippen LogP contribution in [0.5, 0.6) is 0 Å². The maximum absolute atomic E-state index is 3.73. The van der Waals surface area contributed by atoms with Gasteiger partial charge in [0.25, 0.3) is 0 Å². The van der Waals surface area contributed by atoms with Crippen LogP contribution in [0.15, 0.2) is 0 Å². The molecule has 0 aromatic heterocycles. The van der Waals surface area contributed by atoms with E-state index in [0.717, 1.165) is 12.6 Å². The van der Waals surface area contributed by atoms with Crippen molar-refractivity contribution in [3.8, 4) is 0 Å². The lowest BCUT2D eigenvalue weighted by Gasteiger charge is -2.40. The molecule has 0 amide bonds. The fourth-order valence-electron chi connectivity index (χ4n) is 3.56. The van der Waals surface area contributed by atoms with Crippen LogP contribution in [0, 0.1) is 5.41 Å². The van der Waals surface area contributed by atoms with Gasteiger partial charge in [0.2, 0.25) is 0 Å². The zero-order valence-electron chi connectivity index (χ0n) is 14.9. The molecule has 1 fully saturated rings. The predicted molar refractivity (Wildman–Crippen MR) is 90.3 cm³/mol. The zero-order valence-corrected chi connectivity index (χ0v) is 14.9. The van der Waals surface area contributed by atoms with Crippen LogP contribution in [0.1, 0.15) is 79.6 Å². The second kappa shape index (κ2) is 7.79. The molecule has 20 heavy (non-hydrogen) atoms. The molecule has 1 atom stereocenters. The second-order valence-corrected chi connectivity index (χ2v) is 8.37. The molecule has 0 radical (unpaired) electrons. The smallest absolute Gasteiger partial charge is 0.00967 e. The van der Waals surface area contributed by atoms with Crippen LogP contribution in [-0.4, -0.2) is 36.6 Å². The summed E-state index contributed by atoms with van der Waals surface area (Å²) >= 11 is 0. The fraction of sp³-hybridized carbons (Fsp3) is 1.00. The lowest BCUT2D eigenvalue weighted by atomic mass is 9.83. The second-order valence-electron chi connectivity index (χ2n) is 8.37. The van der Waals surface area contributed by atoms with E-state index in [1.54, 1.807) is 0 Å². The minimum absolute atomic E-state index is 0.221. The zero-order chi connectivity index (χ0) is 15.2. The van der Waals surface area contributed by atoms with E-state index in [1.807, 2.05) is 0 Å². The highest BCUT2D eigenvalue weighted by molar-refractivity contribution is 4.85.